The molecule has 19 heavy (non-hydrogen) atoms. The maximum absolute atomic E-state index is 3.65. The van der Waals surface area contributed by atoms with Gasteiger partial charge in [-0.1, -0.05) is 45.2 Å². The normalized spacial score (nSPS) is 12.7. The molecule has 1 aromatic rings. The highest BCUT2D eigenvalue weighted by atomic mass is 14.9. The van der Waals surface area contributed by atoms with Gasteiger partial charge in [0.1, 0.15) is 0 Å². The lowest BCUT2D eigenvalue weighted by Crippen LogP contribution is -2.22. The molecule has 1 nitrogen and oxygen atoms in total. The topological polar surface area (TPSA) is 12.0 Å². The number of benzene rings is 1. The lowest BCUT2D eigenvalue weighted by molar-refractivity contribution is 0.419. The summed E-state index contributed by atoms with van der Waals surface area (Å²) in [6.07, 6.45) is 5.33. The van der Waals surface area contributed by atoms with E-state index in [1.165, 1.54) is 47.9 Å². The van der Waals surface area contributed by atoms with Crippen LogP contribution >= 0.6 is 0 Å². The molecular weight excluding hydrogens is 230 g/mol. The fraction of sp³-hybridized carbons (Fsp3) is 0.667. The summed E-state index contributed by atoms with van der Waals surface area (Å²) >= 11 is 0. The van der Waals surface area contributed by atoms with Crippen LogP contribution in [0.25, 0.3) is 0 Å². The van der Waals surface area contributed by atoms with Crippen LogP contribution in [0, 0.1) is 26.7 Å². The van der Waals surface area contributed by atoms with Gasteiger partial charge in [-0.25, -0.2) is 0 Å². The molecule has 0 saturated heterocycles. The standard InChI is InChI=1S/C18H31N/c1-6-8-9-17(7-2)12-19-13-18-11-15(4)14(3)10-16(18)5/h10-11,17,19H,6-9,12-13H2,1-5H3. The number of unbranched alkanes of at least 4 members (excludes halogenated alkanes) is 1. The van der Waals surface area contributed by atoms with Crippen LogP contribution in [0.2, 0.25) is 0 Å². The van der Waals surface area contributed by atoms with Gasteiger partial charge in [0.25, 0.3) is 0 Å². The molecule has 1 rings (SSSR count). The van der Waals surface area contributed by atoms with Gasteiger partial charge in [-0.2, -0.15) is 0 Å². The van der Waals surface area contributed by atoms with E-state index in [-0.39, 0.29) is 0 Å². The zero-order valence-electron chi connectivity index (χ0n) is 13.5. The molecular formula is C18H31N. The summed E-state index contributed by atoms with van der Waals surface area (Å²) in [4.78, 5) is 0. The third-order valence-corrected chi connectivity index (χ3v) is 4.24. The first kappa shape index (κ1) is 16.2. The van der Waals surface area contributed by atoms with E-state index in [1.807, 2.05) is 0 Å². The Bertz CT molecular complexity index is 382. The molecule has 0 amide bonds. The van der Waals surface area contributed by atoms with E-state index >= 15 is 0 Å². The lowest BCUT2D eigenvalue weighted by Gasteiger charge is -2.16. The zero-order valence-corrected chi connectivity index (χ0v) is 13.5. The number of hydrogen-bond acceptors (Lipinski definition) is 1. The van der Waals surface area contributed by atoms with Crippen molar-refractivity contribution in [2.24, 2.45) is 5.92 Å². The van der Waals surface area contributed by atoms with E-state index in [9.17, 15) is 0 Å². The van der Waals surface area contributed by atoms with Gasteiger partial charge >= 0.3 is 0 Å². The minimum absolute atomic E-state index is 0.840. The van der Waals surface area contributed by atoms with E-state index in [0.717, 1.165) is 19.0 Å². The zero-order chi connectivity index (χ0) is 14.3. The third-order valence-electron chi connectivity index (χ3n) is 4.24. The second-order valence-corrected chi connectivity index (χ2v) is 5.91. The van der Waals surface area contributed by atoms with Crippen LogP contribution in [0.1, 0.15) is 61.8 Å². The minimum atomic E-state index is 0.840. The first-order valence-electron chi connectivity index (χ1n) is 7.85. The van der Waals surface area contributed by atoms with Crippen molar-refractivity contribution in [3.05, 3.63) is 34.4 Å². The van der Waals surface area contributed by atoms with Gasteiger partial charge in [-0.15, -0.1) is 0 Å². The van der Waals surface area contributed by atoms with E-state index < -0.39 is 0 Å². The fourth-order valence-corrected chi connectivity index (χ4v) is 2.57. The van der Waals surface area contributed by atoms with Gasteiger partial charge < -0.3 is 5.32 Å². The molecule has 0 heterocycles. The number of rotatable bonds is 8. The molecule has 0 aliphatic rings. The molecule has 1 unspecified atom stereocenters. The highest BCUT2D eigenvalue weighted by Crippen LogP contribution is 2.16. The summed E-state index contributed by atoms with van der Waals surface area (Å²) in [5, 5.41) is 3.65. The van der Waals surface area contributed by atoms with E-state index in [2.05, 4.69) is 52.1 Å². The first-order chi connectivity index (χ1) is 9.08. The second kappa shape index (κ2) is 8.37. The minimum Gasteiger partial charge on any atom is -0.312 e. The van der Waals surface area contributed by atoms with Crippen molar-refractivity contribution < 1.29 is 0 Å². The van der Waals surface area contributed by atoms with Crippen molar-refractivity contribution in [1.82, 2.24) is 5.32 Å². The van der Waals surface area contributed by atoms with Crippen molar-refractivity contribution in [1.29, 1.82) is 0 Å². The Morgan fingerprint density at radius 1 is 1.00 bits per heavy atom. The molecule has 0 aliphatic heterocycles. The summed E-state index contributed by atoms with van der Waals surface area (Å²) in [7, 11) is 0. The Balaban J connectivity index is 2.46. The molecule has 0 aliphatic carbocycles. The summed E-state index contributed by atoms with van der Waals surface area (Å²) in [6.45, 7) is 13.4. The van der Waals surface area contributed by atoms with Gasteiger partial charge in [0, 0.05) is 6.54 Å². The van der Waals surface area contributed by atoms with Crippen LogP contribution in [0.15, 0.2) is 12.1 Å². The van der Waals surface area contributed by atoms with Crippen molar-refractivity contribution in [3.8, 4) is 0 Å². The van der Waals surface area contributed by atoms with Crippen LogP contribution in [0.3, 0.4) is 0 Å². The smallest absolute Gasteiger partial charge is 0.0208 e. The Morgan fingerprint density at radius 3 is 2.32 bits per heavy atom. The maximum Gasteiger partial charge on any atom is 0.0208 e. The Labute approximate surface area is 119 Å². The molecule has 1 aromatic carbocycles. The summed E-state index contributed by atoms with van der Waals surface area (Å²) in [5.74, 6) is 0.840. The molecule has 0 fully saturated rings. The van der Waals surface area contributed by atoms with Crippen LogP contribution < -0.4 is 5.32 Å². The lowest BCUT2D eigenvalue weighted by atomic mass is 9.98. The van der Waals surface area contributed by atoms with Gasteiger partial charge in [0.2, 0.25) is 0 Å². The summed E-state index contributed by atoms with van der Waals surface area (Å²) in [6, 6.07) is 4.64. The van der Waals surface area contributed by atoms with Gasteiger partial charge in [-0.3, -0.25) is 0 Å². The molecule has 0 aromatic heterocycles. The van der Waals surface area contributed by atoms with Crippen LogP contribution in [0.5, 0.6) is 0 Å². The van der Waals surface area contributed by atoms with Crippen LogP contribution in [-0.2, 0) is 6.54 Å². The van der Waals surface area contributed by atoms with Crippen LogP contribution in [0.4, 0.5) is 0 Å². The largest absolute Gasteiger partial charge is 0.312 e. The van der Waals surface area contributed by atoms with E-state index in [4.69, 9.17) is 0 Å². The van der Waals surface area contributed by atoms with Crippen molar-refractivity contribution in [3.63, 3.8) is 0 Å². The molecule has 1 heteroatoms. The molecule has 0 radical (unpaired) electrons. The maximum atomic E-state index is 3.65. The van der Waals surface area contributed by atoms with Gasteiger partial charge in [-0.05, 0) is 61.9 Å². The third kappa shape index (κ3) is 5.36. The average molecular weight is 261 g/mol. The predicted octanol–water partition coefficient (Wildman–Crippen LogP) is 4.92. The van der Waals surface area contributed by atoms with Gasteiger partial charge in [0.15, 0.2) is 0 Å². The van der Waals surface area contributed by atoms with Gasteiger partial charge in [0.05, 0.1) is 0 Å². The molecule has 0 bridgehead atoms. The van der Waals surface area contributed by atoms with Crippen molar-refractivity contribution in [2.75, 3.05) is 6.54 Å². The Morgan fingerprint density at radius 2 is 1.68 bits per heavy atom. The van der Waals surface area contributed by atoms with E-state index in [1.54, 1.807) is 0 Å². The monoisotopic (exact) mass is 261 g/mol. The summed E-state index contributed by atoms with van der Waals surface area (Å²) < 4.78 is 0. The summed E-state index contributed by atoms with van der Waals surface area (Å²) in [5.41, 5.74) is 5.67. The van der Waals surface area contributed by atoms with Crippen molar-refractivity contribution in [2.45, 2.75) is 66.8 Å². The molecule has 1 atom stereocenters. The highest BCUT2D eigenvalue weighted by Gasteiger charge is 2.06. The number of nitrogens with one attached hydrogen (secondary N) is 1. The SMILES string of the molecule is CCCCC(CC)CNCc1cc(C)c(C)cc1C. The average Bonchev–Trinajstić information content (AvgIpc) is 2.39. The number of hydrogen-bond donors (Lipinski definition) is 1. The second-order valence-electron chi connectivity index (χ2n) is 5.91. The fourth-order valence-electron chi connectivity index (χ4n) is 2.57. The first-order valence-corrected chi connectivity index (χ1v) is 7.85. The molecule has 0 saturated carbocycles. The van der Waals surface area contributed by atoms with Crippen molar-refractivity contribution >= 4 is 0 Å². The van der Waals surface area contributed by atoms with E-state index in [0.29, 0.717) is 0 Å². The predicted molar refractivity (Wildman–Crippen MR) is 85.7 cm³/mol. The molecule has 108 valence electrons. The quantitative estimate of drug-likeness (QED) is 0.700. The molecule has 0 spiro atoms. The molecule has 1 N–H and O–H groups in total. The van der Waals surface area contributed by atoms with Crippen LogP contribution in [-0.4, -0.2) is 6.54 Å². The number of aryl methyl sites for hydroxylation is 3. The Kier molecular flexibility index (Phi) is 7.15. The Hall–Kier alpha value is -0.820. The highest BCUT2D eigenvalue weighted by molar-refractivity contribution is 5.36.